The van der Waals surface area contributed by atoms with E-state index in [9.17, 15) is 0 Å². The molecule has 0 aromatic rings. The highest BCUT2D eigenvalue weighted by Gasteiger charge is 2.01. The van der Waals surface area contributed by atoms with Gasteiger partial charge in [0.05, 0.1) is 0 Å². The van der Waals surface area contributed by atoms with Gasteiger partial charge in [-0.2, -0.15) is 0 Å². The number of allylic oxidation sites excluding steroid dienone is 5. The molecule has 0 aromatic carbocycles. The van der Waals surface area contributed by atoms with Crippen LogP contribution in [0.5, 0.6) is 0 Å². The fourth-order valence-electron chi connectivity index (χ4n) is 7.98. The molecule has 308 valence electrons. The third-order valence-electron chi connectivity index (χ3n) is 11.7. The molecular formula is C52H100. The van der Waals surface area contributed by atoms with E-state index >= 15 is 0 Å². The SMILES string of the molecule is C=CCCCCCCCCCCCCCCCCC(=CCCCCCCCCCCCCCC)CCCCCCCCC=CCCCCCCCC. The Balaban J connectivity index is 4.03. The van der Waals surface area contributed by atoms with E-state index in [0.717, 1.165) is 0 Å². The summed E-state index contributed by atoms with van der Waals surface area (Å²) in [4.78, 5) is 0. The highest BCUT2D eigenvalue weighted by molar-refractivity contribution is 5.02. The molecule has 0 heterocycles. The first-order valence-corrected chi connectivity index (χ1v) is 24.8. The average molecular weight is 725 g/mol. The Kier molecular flexibility index (Phi) is 47.5. The molecule has 0 rings (SSSR count). The van der Waals surface area contributed by atoms with E-state index in [4.69, 9.17) is 0 Å². The summed E-state index contributed by atoms with van der Waals surface area (Å²) in [6, 6.07) is 0. The summed E-state index contributed by atoms with van der Waals surface area (Å²) in [5.41, 5.74) is 1.82. The zero-order chi connectivity index (χ0) is 37.5. The van der Waals surface area contributed by atoms with Crippen LogP contribution in [-0.4, -0.2) is 0 Å². The van der Waals surface area contributed by atoms with Gasteiger partial charge in [0.1, 0.15) is 0 Å². The first-order valence-electron chi connectivity index (χ1n) is 24.8. The maximum atomic E-state index is 3.83. The van der Waals surface area contributed by atoms with E-state index in [0.29, 0.717) is 0 Å². The highest BCUT2D eigenvalue weighted by atomic mass is 14.1. The number of rotatable bonds is 46. The summed E-state index contributed by atoms with van der Waals surface area (Å²) in [6.07, 6.45) is 72.4. The molecule has 0 atom stereocenters. The Labute approximate surface area is 331 Å². The largest absolute Gasteiger partial charge is 0.103 e. The second-order valence-corrected chi connectivity index (χ2v) is 17.0. The van der Waals surface area contributed by atoms with Crippen LogP contribution < -0.4 is 0 Å². The molecule has 0 bridgehead atoms. The molecule has 0 radical (unpaired) electrons. The minimum Gasteiger partial charge on any atom is -0.103 e. The zero-order valence-electron chi connectivity index (χ0n) is 36.6. The molecule has 0 saturated carbocycles. The van der Waals surface area contributed by atoms with Gasteiger partial charge in [-0.25, -0.2) is 0 Å². The summed E-state index contributed by atoms with van der Waals surface area (Å²) in [7, 11) is 0. The van der Waals surface area contributed by atoms with Gasteiger partial charge < -0.3 is 0 Å². The van der Waals surface area contributed by atoms with Gasteiger partial charge in [0.2, 0.25) is 0 Å². The smallest absolute Gasteiger partial charge is 0.0320 e. The van der Waals surface area contributed by atoms with Gasteiger partial charge in [0, 0.05) is 0 Å². The molecule has 0 aliphatic rings. The van der Waals surface area contributed by atoms with Gasteiger partial charge in [0.25, 0.3) is 0 Å². The predicted octanol–water partition coefficient (Wildman–Crippen LogP) is 19.9. The van der Waals surface area contributed by atoms with Gasteiger partial charge in [0.15, 0.2) is 0 Å². The van der Waals surface area contributed by atoms with Gasteiger partial charge >= 0.3 is 0 Å². The fourth-order valence-corrected chi connectivity index (χ4v) is 7.98. The monoisotopic (exact) mass is 725 g/mol. The van der Waals surface area contributed by atoms with Crippen LogP contribution in [0.2, 0.25) is 0 Å². The van der Waals surface area contributed by atoms with Crippen LogP contribution in [0.25, 0.3) is 0 Å². The predicted molar refractivity (Wildman–Crippen MR) is 242 cm³/mol. The number of unbranched alkanes of at least 4 members (excludes halogenated alkanes) is 38. The lowest BCUT2D eigenvalue weighted by atomic mass is 9.97. The molecule has 0 aliphatic heterocycles. The molecule has 0 heteroatoms. The average Bonchev–Trinajstić information content (AvgIpc) is 3.15. The molecule has 0 saturated heterocycles. The Morgan fingerprint density at radius 3 is 0.846 bits per heavy atom. The van der Waals surface area contributed by atoms with Crippen molar-refractivity contribution in [3.8, 4) is 0 Å². The van der Waals surface area contributed by atoms with Crippen LogP contribution in [-0.2, 0) is 0 Å². The second-order valence-electron chi connectivity index (χ2n) is 17.0. The van der Waals surface area contributed by atoms with Crippen LogP contribution in [0.1, 0.15) is 296 Å². The van der Waals surface area contributed by atoms with Gasteiger partial charge in [-0.15, -0.1) is 6.58 Å². The Hall–Kier alpha value is -0.780. The maximum Gasteiger partial charge on any atom is -0.0320 e. The van der Waals surface area contributed by atoms with E-state index in [-0.39, 0.29) is 0 Å². The summed E-state index contributed by atoms with van der Waals surface area (Å²) in [5, 5.41) is 0. The molecule has 0 N–H and O–H groups in total. The van der Waals surface area contributed by atoms with Gasteiger partial charge in [-0.3, -0.25) is 0 Å². The highest BCUT2D eigenvalue weighted by Crippen LogP contribution is 2.21. The molecule has 0 aliphatic carbocycles. The van der Waals surface area contributed by atoms with E-state index in [1.807, 2.05) is 5.57 Å². The molecule has 0 nitrogen and oxygen atoms in total. The Bertz CT molecular complexity index is 697. The zero-order valence-corrected chi connectivity index (χ0v) is 36.6. The van der Waals surface area contributed by atoms with Crippen molar-refractivity contribution in [2.75, 3.05) is 0 Å². The summed E-state index contributed by atoms with van der Waals surface area (Å²) in [5.74, 6) is 0. The lowest BCUT2D eigenvalue weighted by Crippen LogP contribution is -1.89. The number of hydrogen-bond donors (Lipinski definition) is 0. The van der Waals surface area contributed by atoms with E-state index in [1.54, 1.807) is 0 Å². The molecule has 0 fully saturated rings. The molecule has 0 unspecified atom stereocenters. The van der Waals surface area contributed by atoms with Crippen LogP contribution in [0, 0.1) is 0 Å². The molecule has 0 spiro atoms. The standard InChI is InChI=1S/C52H100/c1-4-7-10-13-16-19-22-25-27-29-32-35-38-41-44-47-50-52(49-46-43-40-37-34-31-24-21-18-15-12-9-6-3)51-48-45-42-39-36-33-30-28-26-23-20-17-14-11-8-5-2/h4,26,28,49H,1,5-25,27,29-48,50-51H2,2-3H3. The van der Waals surface area contributed by atoms with Crippen LogP contribution in [0.4, 0.5) is 0 Å². The molecule has 52 heavy (non-hydrogen) atoms. The molecular weight excluding hydrogens is 625 g/mol. The molecule has 0 aromatic heterocycles. The topological polar surface area (TPSA) is 0 Å². The number of hydrogen-bond acceptors (Lipinski definition) is 0. The minimum atomic E-state index is 1.20. The third-order valence-corrected chi connectivity index (χ3v) is 11.7. The van der Waals surface area contributed by atoms with E-state index in [2.05, 4.69) is 44.7 Å². The summed E-state index contributed by atoms with van der Waals surface area (Å²) in [6.45, 7) is 8.45. The maximum absolute atomic E-state index is 3.83. The Morgan fingerprint density at radius 1 is 0.288 bits per heavy atom. The first kappa shape index (κ1) is 51.2. The van der Waals surface area contributed by atoms with E-state index in [1.165, 1.54) is 283 Å². The summed E-state index contributed by atoms with van der Waals surface area (Å²) < 4.78 is 0. The lowest BCUT2D eigenvalue weighted by molar-refractivity contribution is 0.532. The van der Waals surface area contributed by atoms with Crippen molar-refractivity contribution in [1.82, 2.24) is 0 Å². The van der Waals surface area contributed by atoms with Crippen molar-refractivity contribution in [3.05, 3.63) is 36.5 Å². The van der Waals surface area contributed by atoms with Gasteiger partial charge in [-0.05, 0) is 77.0 Å². The van der Waals surface area contributed by atoms with Crippen LogP contribution >= 0.6 is 0 Å². The van der Waals surface area contributed by atoms with Crippen molar-refractivity contribution in [3.63, 3.8) is 0 Å². The Morgan fingerprint density at radius 2 is 0.538 bits per heavy atom. The summed E-state index contributed by atoms with van der Waals surface area (Å²) >= 11 is 0. The van der Waals surface area contributed by atoms with Crippen molar-refractivity contribution >= 4 is 0 Å². The van der Waals surface area contributed by atoms with Crippen molar-refractivity contribution in [1.29, 1.82) is 0 Å². The normalized spacial score (nSPS) is 12.1. The van der Waals surface area contributed by atoms with Crippen LogP contribution in [0.3, 0.4) is 0 Å². The van der Waals surface area contributed by atoms with Gasteiger partial charge in [-0.1, -0.05) is 249 Å². The van der Waals surface area contributed by atoms with Crippen molar-refractivity contribution in [2.24, 2.45) is 0 Å². The minimum absolute atomic E-state index is 1.20. The molecule has 0 amide bonds. The van der Waals surface area contributed by atoms with E-state index < -0.39 is 0 Å². The van der Waals surface area contributed by atoms with Crippen molar-refractivity contribution < 1.29 is 0 Å². The quantitative estimate of drug-likeness (QED) is 0.0433. The lowest BCUT2D eigenvalue weighted by Gasteiger charge is -2.09. The first-order chi connectivity index (χ1) is 25.8. The van der Waals surface area contributed by atoms with Crippen molar-refractivity contribution in [2.45, 2.75) is 296 Å². The second kappa shape index (κ2) is 48.2. The third kappa shape index (κ3) is 45.4. The van der Waals surface area contributed by atoms with Crippen LogP contribution in [0.15, 0.2) is 36.5 Å². The fraction of sp³-hybridized carbons (Fsp3) is 0.885.